The quantitative estimate of drug-likeness (QED) is 0.565. The molecule has 5 nitrogen and oxygen atoms in total. The Morgan fingerprint density at radius 2 is 2.08 bits per heavy atom. The largest absolute Gasteiger partial charge is 0.274 e. The van der Waals surface area contributed by atoms with Crippen molar-refractivity contribution in [1.29, 1.82) is 0 Å². The van der Waals surface area contributed by atoms with Crippen molar-refractivity contribution in [1.82, 2.24) is 15.2 Å². The number of thioether (sulfide) groups is 1. The lowest BCUT2D eigenvalue weighted by Crippen LogP contribution is -2.22. The molecule has 0 N–H and O–H groups in total. The van der Waals surface area contributed by atoms with Gasteiger partial charge in [-0.05, 0) is 25.0 Å². The van der Waals surface area contributed by atoms with Crippen LogP contribution in [-0.2, 0) is 10.5 Å². The number of rotatable bonds is 6. The van der Waals surface area contributed by atoms with Crippen molar-refractivity contribution in [3.63, 3.8) is 0 Å². The highest BCUT2D eigenvalue weighted by Gasteiger charge is 2.27. The summed E-state index contributed by atoms with van der Waals surface area (Å²) in [6.07, 6.45) is 2.49. The molecule has 2 aromatic heterocycles. The third-order valence-corrected chi connectivity index (χ3v) is 6.88. The van der Waals surface area contributed by atoms with Gasteiger partial charge in [0.15, 0.2) is 9.47 Å². The van der Waals surface area contributed by atoms with E-state index in [1.165, 1.54) is 24.2 Å². The van der Waals surface area contributed by atoms with Gasteiger partial charge in [0.2, 0.25) is 5.91 Å². The molecule has 2 heterocycles. The van der Waals surface area contributed by atoms with E-state index in [0.29, 0.717) is 11.0 Å². The maximum atomic E-state index is 12.1. The van der Waals surface area contributed by atoms with Crippen molar-refractivity contribution in [3.05, 3.63) is 46.4 Å². The van der Waals surface area contributed by atoms with Crippen LogP contribution < -0.4 is 4.90 Å². The van der Waals surface area contributed by atoms with E-state index >= 15 is 0 Å². The van der Waals surface area contributed by atoms with Crippen LogP contribution in [0.2, 0.25) is 0 Å². The van der Waals surface area contributed by atoms with Crippen LogP contribution in [-0.4, -0.2) is 21.1 Å². The Kier molecular flexibility index (Phi) is 4.82. The number of para-hydroxylation sites is 1. The molecule has 1 aromatic carbocycles. The van der Waals surface area contributed by atoms with Crippen molar-refractivity contribution in [2.75, 3.05) is 4.90 Å². The Hall–Kier alpha value is -1.77. The summed E-state index contributed by atoms with van der Waals surface area (Å²) in [6.45, 7) is 1.56. The highest BCUT2D eigenvalue weighted by Crippen LogP contribution is 2.42. The van der Waals surface area contributed by atoms with Gasteiger partial charge in [-0.3, -0.25) is 9.69 Å². The molecule has 4 rings (SSSR count). The number of aromatic nitrogens is 3. The van der Waals surface area contributed by atoms with Crippen molar-refractivity contribution in [3.8, 4) is 0 Å². The fourth-order valence-corrected chi connectivity index (χ4v) is 5.30. The molecule has 1 fully saturated rings. The number of carbonyl (C=O) groups excluding carboxylic acids is 1. The molecule has 1 amide bonds. The molecule has 0 radical (unpaired) electrons. The molecule has 1 saturated carbocycles. The van der Waals surface area contributed by atoms with E-state index < -0.39 is 0 Å². The zero-order valence-electron chi connectivity index (χ0n) is 13.6. The summed E-state index contributed by atoms with van der Waals surface area (Å²) in [5.74, 6) is 1.33. The molecule has 3 aromatic rings. The molecular formula is C17H16N4OS3. The van der Waals surface area contributed by atoms with Crippen molar-refractivity contribution in [2.24, 2.45) is 0 Å². The first kappa shape index (κ1) is 16.7. The molecule has 8 heteroatoms. The number of hydrogen-bond donors (Lipinski definition) is 0. The summed E-state index contributed by atoms with van der Waals surface area (Å²) < 4.78 is 0.989. The van der Waals surface area contributed by atoms with Crippen LogP contribution in [0.1, 0.15) is 36.4 Å². The van der Waals surface area contributed by atoms with Gasteiger partial charge in [0, 0.05) is 24.0 Å². The third-order valence-electron chi connectivity index (χ3n) is 3.75. The maximum absolute atomic E-state index is 12.1. The summed E-state index contributed by atoms with van der Waals surface area (Å²) >= 11 is 4.83. The molecule has 0 bridgehead atoms. The number of nitrogens with zero attached hydrogens (tertiary/aromatic N) is 4. The normalized spacial score (nSPS) is 13.8. The Morgan fingerprint density at radius 1 is 1.28 bits per heavy atom. The SMILES string of the molecule is CC(=O)N(c1ccccc1)c1nc(CSc2nnc(C3CC3)s2)cs1. The topological polar surface area (TPSA) is 59.0 Å². The highest BCUT2D eigenvalue weighted by atomic mass is 32.2. The van der Waals surface area contributed by atoms with Crippen LogP contribution in [0, 0.1) is 0 Å². The smallest absolute Gasteiger partial charge is 0.230 e. The van der Waals surface area contributed by atoms with Crippen molar-refractivity contribution in [2.45, 2.75) is 35.8 Å². The summed E-state index contributed by atoms with van der Waals surface area (Å²) in [6, 6.07) is 9.60. The molecule has 1 aliphatic carbocycles. The maximum Gasteiger partial charge on any atom is 0.230 e. The van der Waals surface area contributed by atoms with Crippen LogP contribution in [0.5, 0.6) is 0 Å². The van der Waals surface area contributed by atoms with Gasteiger partial charge in [-0.25, -0.2) is 4.98 Å². The van der Waals surface area contributed by atoms with Crippen molar-refractivity contribution < 1.29 is 4.79 Å². The van der Waals surface area contributed by atoms with Gasteiger partial charge in [0.1, 0.15) is 5.01 Å². The second-order valence-electron chi connectivity index (χ2n) is 5.78. The van der Waals surface area contributed by atoms with E-state index in [9.17, 15) is 4.79 Å². The number of thiazole rings is 1. The molecule has 0 saturated heterocycles. The standard InChI is InChI=1S/C17H16N4OS3/c1-11(22)21(14-5-3-2-4-6-14)16-18-13(9-23-16)10-24-17-20-19-15(25-17)12-7-8-12/h2-6,9,12H,7-8,10H2,1H3. The van der Waals surface area contributed by atoms with Crippen LogP contribution in [0.15, 0.2) is 40.1 Å². The van der Waals surface area contributed by atoms with Crippen LogP contribution in [0.25, 0.3) is 0 Å². The van der Waals surface area contributed by atoms with Gasteiger partial charge in [0.05, 0.1) is 11.4 Å². The summed E-state index contributed by atoms with van der Waals surface area (Å²) in [5.41, 5.74) is 1.79. The fourth-order valence-electron chi connectivity index (χ4n) is 2.38. The first-order valence-corrected chi connectivity index (χ1v) is 10.7. The summed E-state index contributed by atoms with van der Waals surface area (Å²) in [7, 11) is 0. The summed E-state index contributed by atoms with van der Waals surface area (Å²) in [5, 5.41) is 12.4. The van der Waals surface area contributed by atoms with Gasteiger partial charge in [0.25, 0.3) is 0 Å². The molecule has 0 unspecified atom stereocenters. The molecule has 1 aliphatic rings. The van der Waals surface area contributed by atoms with E-state index in [1.807, 2.05) is 35.7 Å². The molecular weight excluding hydrogens is 372 g/mol. The minimum Gasteiger partial charge on any atom is -0.274 e. The number of anilines is 2. The predicted octanol–water partition coefficient (Wildman–Crippen LogP) is 4.85. The van der Waals surface area contributed by atoms with Gasteiger partial charge in [-0.2, -0.15) is 0 Å². The van der Waals surface area contributed by atoms with Gasteiger partial charge in [-0.1, -0.05) is 41.3 Å². The second kappa shape index (κ2) is 7.23. The third kappa shape index (κ3) is 3.91. The van der Waals surface area contributed by atoms with Gasteiger partial charge < -0.3 is 0 Å². The summed E-state index contributed by atoms with van der Waals surface area (Å²) in [4.78, 5) is 18.4. The average molecular weight is 389 g/mol. The zero-order chi connectivity index (χ0) is 17.2. The van der Waals surface area contributed by atoms with Crippen molar-refractivity contribution >= 4 is 51.2 Å². The molecule has 0 atom stereocenters. The molecule has 128 valence electrons. The fraction of sp³-hybridized carbons (Fsp3) is 0.294. The second-order valence-corrected chi connectivity index (χ2v) is 8.85. The van der Waals surface area contributed by atoms with Gasteiger partial charge in [-0.15, -0.1) is 21.5 Å². The lowest BCUT2D eigenvalue weighted by Gasteiger charge is -2.17. The monoisotopic (exact) mass is 388 g/mol. The lowest BCUT2D eigenvalue weighted by molar-refractivity contribution is -0.115. The van der Waals surface area contributed by atoms with Gasteiger partial charge >= 0.3 is 0 Å². The minimum absolute atomic E-state index is 0.0436. The van der Waals surface area contributed by atoms with Crippen LogP contribution in [0.3, 0.4) is 0 Å². The number of carbonyl (C=O) groups is 1. The zero-order valence-corrected chi connectivity index (χ0v) is 16.0. The minimum atomic E-state index is -0.0436. The Labute approximate surface area is 158 Å². The van der Waals surface area contributed by atoms with E-state index in [2.05, 4.69) is 15.2 Å². The number of benzene rings is 1. The van der Waals surface area contributed by atoms with E-state index in [1.54, 1.807) is 34.9 Å². The average Bonchev–Trinajstić information content (AvgIpc) is 3.17. The number of hydrogen-bond acceptors (Lipinski definition) is 7. The Morgan fingerprint density at radius 3 is 2.80 bits per heavy atom. The molecule has 0 spiro atoms. The van der Waals surface area contributed by atoms with E-state index in [-0.39, 0.29) is 5.91 Å². The predicted molar refractivity (Wildman–Crippen MR) is 103 cm³/mol. The molecule has 25 heavy (non-hydrogen) atoms. The van der Waals surface area contributed by atoms with Crippen LogP contribution >= 0.6 is 34.4 Å². The first-order chi connectivity index (χ1) is 12.2. The van der Waals surface area contributed by atoms with E-state index in [0.717, 1.165) is 26.5 Å². The number of amides is 1. The van der Waals surface area contributed by atoms with E-state index in [4.69, 9.17) is 0 Å². The lowest BCUT2D eigenvalue weighted by atomic mass is 10.3. The molecule has 0 aliphatic heterocycles. The Bertz CT molecular complexity index is 873. The Balaban J connectivity index is 1.45. The highest BCUT2D eigenvalue weighted by molar-refractivity contribution is 8.00. The van der Waals surface area contributed by atoms with Crippen LogP contribution in [0.4, 0.5) is 10.8 Å². The first-order valence-electron chi connectivity index (χ1n) is 7.97.